The van der Waals surface area contributed by atoms with Crippen molar-refractivity contribution in [2.75, 3.05) is 28.6 Å². The molecule has 1 fully saturated rings. The minimum absolute atomic E-state index is 0.0142. The largest absolute Gasteiger partial charge is 0.409 e. The Bertz CT molecular complexity index is 1210. The number of carbonyl (C=O) groups excluding carboxylic acids is 1. The van der Waals surface area contributed by atoms with Crippen LogP contribution in [0.5, 0.6) is 0 Å². The summed E-state index contributed by atoms with van der Waals surface area (Å²) in [4.78, 5) is 30.4. The number of pyridine rings is 1. The number of amides is 1. The van der Waals surface area contributed by atoms with Crippen molar-refractivity contribution >= 4 is 37.4 Å². The Labute approximate surface area is 219 Å². The molecule has 0 bridgehead atoms. The highest BCUT2D eigenvalue weighted by Gasteiger charge is 2.48. The van der Waals surface area contributed by atoms with E-state index in [9.17, 15) is 4.79 Å². The normalized spacial score (nSPS) is 21.9. The van der Waals surface area contributed by atoms with E-state index in [0.29, 0.717) is 36.0 Å². The van der Waals surface area contributed by atoms with Crippen LogP contribution in [0.3, 0.4) is 0 Å². The molecule has 0 saturated carbocycles. The molecule has 0 aliphatic carbocycles. The number of hydrogen-bond acceptors (Lipinski definition) is 8. The number of rotatable bonds is 5. The molecule has 2 aromatic heterocycles. The summed E-state index contributed by atoms with van der Waals surface area (Å²) in [5.74, 6) is 0.412. The standard InChI is InChI=1S/C26H39FN6O3Si/c1-15-12-32(13-16(2)36-15)22-18(27)10-17(11-29-22)33-23-20(26(6,7)24(33)34)21(28)30-19(31-23)14-35-37(8,9)25(3,4)5/h10-11,15-16H,12-14H2,1-9H3,(H2,28,30,31)/t15-,16+. The van der Waals surface area contributed by atoms with Crippen molar-refractivity contribution in [3.8, 4) is 0 Å². The number of fused-ring (bicyclic) bond motifs is 1. The van der Waals surface area contributed by atoms with Crippen molar-refractivity contribution in [2.24, 2.45) is 0 Å². The fraction of sp³-hybridized carbons (Fsp3) is 0.615. The van der Waals surface area contributed by atoms with Crippen LogP contribution in [0.25, 0.3) is 0 Å². The summed E-state index contributed by atoms with van der Waals surface area (Å²) in [6.45, 7) is 19.5. The van der Waals surface area contributed by atoms with Crippen LogP contribution in [-0.4, -0.2) is 54.5 Å². The van der Waals surface area contributed by atoms with Gasteiger partial charge in [-0.05, 0) is 45.8 Å². The second-order valence-electron chi connectivity index (χ2n) is 12.2. The van der Waals surface area contributed by atoms with E-state index in [1.807, 2.05) is 18.7 Å². The van der Waals surface area contributed by atoms with Crippen LogP contribution < -0.4 is 15.5 Å². The number of nitrogens with zero attached hydrogens (tertiary/aromatic N) is 5. The molecule has 37 heavy (non-hydrogen) atoms. The molecule has 1 saturated heterocycles. The van der Waals surface area contributed by atoms with Crippen LogP contribution in [0.1, 0.15) is 59.9 Å². The van der Waals surface area contributed by atoms with Gasteiger partial charge in [0.1, 0.15) is 11.6 Å². The number of hydrogen-bond donors (Lipinski definition) is 1. The lowest BCUT2D eigenvalue weighted by Crippen LogP contribution is -2.46. The monoisotopic (exact) mass is 530 g/mol. The summed E-state index contributed by atoms with van der Waals surface area (Å²) in [6.07, 6.45) is 1.43. The first kappa shape index (κ1) is 27.4. The zero-order chi connectivity index (χ0) is 27.5. The molecule has 2 aromatic rings. The molecule has 2 aliphatic heterocycles. The van der Waals surface area contributed by atoms with Gasteiger partial charge in [-0.1, -0.05) is 20.8 Å². The van der Waals surface area contributed by atoms with Gasteiger partial charge in [-0.3, -0.25) is 9.69 Å². The van der Waals surface area contributed by atoms with E-state index in [1.54, 1.807) is 13.8 Å². The molecular weight excluding hydrogens is 491 g/mol. The van der Waals surface area contributed by atoms with Crippen LogP contribution in [0.15, 0.2) is 12.3 Å². The van der Waals surface area contributed by atoms with Gasteiger partial charge in [0, 0.05) is 19.2 Å². The fourth-order valence-corrected chi connectivity index (χ4v) is 5.57. The number of nitrogen functional groups attached to an aromatic ring is 1. The number of aromatic nitrogens is 3. The Morgan fingerprint density at radius 3 is 2.38 bits per heavy atom. The Morgan fingerprint density at radius 1 is 1.19 bits per heavy atom. The van der Waals surface area contributed by atoms with Crippen molar-refractivity contribution < 1.29 is 18.3 Å². The van der Waals surface area contributed by atoms with Crippen molar-refractivity contribution in [3.05, 3.63) is 29.5 Å². The number of carbonyl (C=O) groups is 1. The lowest BCUT2D eigenvalue weighted by atomic mass is 9.87. The fourth-order valence-electron chi connectivity index (χ4n) is 4.65. The molecule has 1 amide bonds. The SMILES string of the molecule is C[C@@H]1CN(c2ncc(N3C(=O)C(C)(C)c4c(N)nc(CO[Si](C)(C)C(C)(C)C)nc43)cc2F)C[C@H](C)O1. The zero-order valence-corrected chi connectivity index (χ0v) is 24.3. The third kappa shape index (κ3) is 4.96. The quantitative estimate of drug-likeness (QED) is 0.555. The van der Waals surface area contributed by atoms with Crippen LogP contribution in [0, 0.1) is 5.82 Å². The van der Waals surface area contributed by atoms with Crippen molar-refractivity contribution in [3.63, 3.8) is 0 Å². The van der Waals surface area contributed by atoms with Gasteiger partial charge in [-0.25, -0.2) is 19.3 Å². The molecule has 0 unspecified atom stereocenters. The van der Waals surface area contributed by atoms with Crippen LogP contribution >= 0.6 is 0 Å². The van der Waals surface area contributed by atoms with Crippen molar-refractivity contribution in [1.82, 2.24) is 15.0 Å². The van der Waals surface area contributed by atoms with Gasteiger partial charge in [-0.2, -0.15) is 0 Å². The third-order valence-corrected chi connectivity index (χ3v) is 12.2. The maximum atomic E-state index is 15.4. The van der Waals surface area contributed by atoms with Crippen LogP contribution in [0.2, 0.25) is 18.1 Å². The second-order valence-corrected chi connectivity index (χ2v) is 17.0. The molecule has 2 aliphatic rings. The number of morpholine rings is 1. The topological polar surface area (TPSA) is 107 Å². The van der Waals surface area contributed by atoms with E-state index in [0.717, 1.165) is 0 Å². The highest BCUT2D eigenvalue weighted by molar-refractivity contribution is 6.74. The molecule has 0 aromatic carbocycles. The van der Waals surface area contributed by atoms with Gasteiger partial charge in [-0.15, -0.1) is 0 Å². The molecule has 0 radical (unpaired) electrons. The predicted molar refractivity (Wildman–Crippen MR) is 145 cm³/mol. The molecule has 11 heteroatoms. The molecule has 0 spiro atoms. The molecule has 2 N–H and O–H groups in total. The summed E-state index contributed by atoms with van der Waals surface area (Å²) >= 11 is 0. The van der Waals surface area contributed by atoms with E-state index in [-0.39, 0.29) is 41.4 Å². The Balaban J connectivity index is 1.70. The minimum atomic E-state index is -2.07. The first-order valence-electron chi connectivity index (χ1n) is 12.7. The summed E-state index contributed by atoms with van der Waals surface area (Å²) < 4.78 is 27.5. The van der Waals surface area contributed by atoms with E-state index in [4.69, 9.17) is 19.9 Å². The number of ether oxygens (including phenoxy) is 1. The highest BCUT2D eigenvalue weighted by Crippen LogP contribution is 2.47. The summed E-state index contributed by atoms with van der Waals surface area (Å²) in [5, 5.41) is 0.0142. The van der Waals surface area contributed by atoms with Crippen molar-refractivity contribution in [1.29, 1.82) is 0 Å². The third-order valence-electron chi connectivity index (χ3n) is 7.69. The van der Waals surface area contributed by atoms with E-state index < -0.39 is 19.5 Å². The maximum absolute atomic E-state index is 15.4. The molecule has 4 rings (SSSR count). The average Bonchev–Trinajstić information content (AvgIpc) is 2.96. The summed E-state index contributed by atoms with van der Waals surface area (Å²) in [7, 11) is -2.07. The molecular formula is C26H39FN6O3Si. The second kappa shape index (κ2) is 9.28. The smallest absolute Gasteiger partial charge is 0.243 e. The van der Waals surface area contributed by atoms with Gasteiger partial charge in [0.15, 0.2) is 25.8 Å². The Hall–Kier alpha value is -2.63. The van der Waals surface area contributed by atoms with Gasteiger partial charge in [0.05, 0.1) is 41.7 Å². The molecule has 202 valence electrons. The zero-order valence-electron chi connectivity index (χ0n) is 23.3. The highest BCUT2D eigenvalue weighted by atomic mass is 28.4. The first-order chi connectivity index (χ1) is 17.0. The average molecular weight is 531 g/mol. The maximum Gasteiger partial charge on any atom is 0.243 e. The van der Waals surface area contributed by atoms with Crippen LogP contribution in [-0.2, 0) is 26.0 Å². The Morgan fingerprint density at radius 2 is 1.81 bits per heavy atom. The van der Waals surface area contributed by atoms with Gasteiger partial charge < -0.3 is 19.8 Å². The van der Waals surface area contributed by atoms with Crippen molar-refractivity contribution in [2.45, 2.75) is 90.8 Å². The van der Waals surface area contributed by atoms with E-state index in [2.05, 4.69) is 43.8 Å². The predicted octanol–water partition coefficient (Wildman–Crippen LogP) is 4.68. The van der Waals surface area contributed by atoms with Gasteiger partial charge in [0.2, 0.25) is 5.91 Å². The lowest BCUT2D eigenvalue weighted by molar-refractivity contribution is -0.121. The first-order valence-corrected chi connectivity index (χ1v) is 15.6. The summed E-state index contributed by atoms with van der Waals surface area (Å²) in [5.41, 5.74) is 6.20. The molecule has 9 nitrogen and oxygen atoms in total. The Kier molecular flexibility index (Phi) is 6.87. The number of nitrogens with two attached hydrogens (primary N) is 1. The number of halogens is 1. The molecule has 2 atom stereocenters. The molecule has 4 heterocycles. The lowest BCUT2D eigenvalue weighted by Gasteiger charge is -2.36. The van der Waals surface area contributed by atoms with Crippen LogP contribution in [0.4, 0.5) is 27.5 Å². The van der Waals surface area contributed by atoms with E-state index in [1.165, 1.54) is 17.2 Å². The number of anilines is 4. The minimum Gasteiger partial charge on any atom is -0.409 e. The van der Waals surface area contributed by atoms with Gasteiger partial charge in [0.25, 0.3) is 0 Å². The van der Waals surface area contributed by atoms with E-state index >= 15 is 4.39 Å². The summed E-state index contributed by atoms with van der Waals surface area (Å²) in [6, 6.07) is 1.33. The van der Waals surface area contributed by atoms with Gasteiger partial charge >= 0.3 is 0 Å².